The van der Waals surface area contributed by atoms with Crippen LogP contribution in [-0.4, -0.2) is 15.3 Å². The molecule has 0 aliphatic carbocycles. The van der Waals surface area contributed by atoms with Crippen LogP contribution in [0.15, 0.2) is 51.7 Å². The number of aromatic nitrogens is 3. The van der Waals surface area contributed by atoms with E-state index in [0.717, 1.165) is 11.3 Å². The van der Waals surface area contributed by atoms with Gasteiger partial charge in [-0.25, -0.2) is 0 Å². The van der Waals surface area contributed by atoms with Gasteiger partial charge in [-0.05, 0) is 17.3 Å². The fourth-order valence-corrected chi connectivity index (χ4v) is 1.49. The molecule has 1 aromatic carbocycles. The number of nitrogens with zero attached hydrogens (tertiary/aromatic N) is 3. The minimum atomic E-state index is 0.428. The van der Waals surface area contributed by atoms with E-state index in [2.05, 4.69) is 20.6 Å². The minimum Gasteiger partial charge on any atom is -0.364 e. The standard InChI is InChI=1S/C12H10N4O2/c1-2-4-9(5-3-1)11-14-12(16-18-11)13-8-10-6-7-17-15-10/h1-7H,8H2,(H,13,16). The Morgan fingerprint density at radius 2 is 1.94 bits per heavy atom. The molecule has 0 spiro atoms. The van der Waals surface area contributed by atoms with E-state index in [1.165, 1.54) is 6.26 Å². The normalized spacial score (nSPS) is 10.4. The van der Waals surface area contributed by atoms with E-state index in [0.29, 0.717) is 18.4 Å². The SMILES string of the molecule is c1ccc(-c2nc(NCc3ccon3)no2)cc1. The first-order valence-electron chi connectivity index (χ1n) is 5.44. The van der Waals surface area contributed by atoms with Gasteiger partial charge in [-0.1, -0.05) is 23.4 Å². The lowest BCUT2D eigenvalue weighted by Crippen LogP contribution is -2.00. The largest absolute Gasteiger partial charge is 0.364 e. The van der Waals surface area contributed by atoms with E-state index in [4.69, 9.17) is 9.05 Å². The first kappa shape index (κ1) is 10.5. The molecule has 3 aromatic rings. The Balaban J connectivity index is 1.70. The summed E-state index contributed by atoms with van der Waals surface area (Å²) in [6.07, 6.45) is 1.52. The van der Waals surface area contributed by atoms with Crippen molar-refractivity contribution in [3.8, 4) is 11.5 Å². The zero-order valence-corrected chi connectivity index (χ0v) is 9.41. The molecule has 0 aliphatic rings. The molecule has 1 N–H and O–H groups in total. The van der Waals surface area contributed by atoms with Crippen molar-refractivity contribution in [1.82, 2.24) is 15.3 Å². The molecule has 0 saturated carbocycles. The molecule has 0 saturated heterocycles. The van der Waals surface area contributed by atoms with Crippen LogP contribution in [0.3, 0.4) is 0 Å². The predicted octanol–water partition coefficient (Wildman–Crippen LogP) is 2.34. The Morgan fingerprint density at radius 1 is 1.06 bits per heavy atom. The van der Waals surface area contributed by atoms with Gasteiger partial charge < -0.3 is 14.4 Å². The molecule has 6 nitrogen and oxygen atoms in total. The zero-order valence-electron chi connectivity index (χ0n) is 9.41. The molecule has 90 valence electrons. The van der Waals surface area contributed by atoms with Crippen LogP contribution in [-0.2, 0) is 6.54 Å². The van der Waals surface area contributed by atoms with Gasteiger partial charge in [0.2, 0.25) is 0 Å². The van der Waals surface area contributed by atoms with Crippen LogP contribution in [0.25, 0.3) is 11.5 Å². The second kappa shape index (κ2) is 4.70. The molecule has 2 heterocycles. The maximum absolute atomic E-state index is 5.15. The van der Waals surface area contributed by atoms with Gasteiger partial charge in [-0.2, -0.15) is 4.98 Å². The number of hydrogen-bond acceptors (Lipinski definition) is 6. The monoisotopic (exact) mass is 242 g/mol. The summed E-state index contributed by atoms with van der Waals surface area (Å²) in [6.45, 7) is 0.490. The van der Waals surface area contributed by atoms with Crippen LogP contribution in [0.4, 0.5) is 5.95 Å². The summed E-state index contributed by atoms with van der Waals surface area (Å²) in [5.41, 5.74) is 1.67. The van der Waals surface area contributed by atoms with Gasteiger partial charge in [0.25, 0.3) is 11.8 Å². The smallest absolute Gasteiger partial charge is 0.264 e. The molecule has 0 fully saturated rings. The van der Waals surface area contributed by atoms with Crippen molar-refractivity contribution in [3.05, 3.63) is 48.4 Å². The number of rotatable bonds is 4. The van der Waals surface area contributed by atoms with E-state index in [9.17, 15) is 0 Å². The molecule has 18 heavy (non-hydrogen) atoms. The van der Waals surface area contributed by atoms with Crippen LogP contribution in [0.5, 0.6) is 0 Å². The predicted molar refractivity (Wildman–Crippen MR) is 63.6 cm³/mol. The van der Waals surface area contributed by atoms with Gasteiger partial charge in [0.15, 0.2) is 0 Å². The Morgan fingerprint density at radius 3 is 2.72 bits per heavy atom. The number of anilines is 1. The minimum absolute atomic E-state index is 0.428. The molecule has 2 aromatic heterocycles. The van der Waals surface area contributed by atoms with Crippen LogP contribution >= 0.6 is 0 Å². The van der Waals surface area contributed by atoms with Gasteiger partial charge in [0, 0.05) is 11.6 Å². The molecule has 0 atom stereocenters. The first-order chi connectivity index (χ1) is 8.92. The van der Waals surface area contributed by atoms with Crippen molar-refractivity contribution in [2.45, 2.75) is 6.54 Å². The molecule has 0 radical (unpaired) electrons. The molecule has 0 unspecified atom stereocenters. The zero-order chi connectivity index (χ0) is 12.2. The fraction of sp³-hybridized carbons (Fsp3) is 0.0833. The summed E-state index contributed by atoms with van der Waals surface area (Å²) in [5, 5.41) is 10.6. The summed E-state index contributed by atoms with van der Waals surface area (Å²) in [7, 11) is 0. The number of hydrogen-bond donors (Lipinski definition) is 1. The Kier molecular flexibility index (Phi) is 2.75. The lowest BCUT2D eigenvalue weighted by Gasteiger charge is -1.94. The third kappa shape index (κ3) is 2.22. The molecule has 0 bridgehead atoms. The molecule has 0 amide bonds. The topological polar surface area (TPSA) is 77.0 Å². The molecular weight excluding hydrogens is 232 g/mol. The highest BCUT2D eigenvalue weighted by Crippen LogP contribution is 2.17. The third-order valence-electron chi connectivity index (χ3n) is 2.37. The summed E-state index contributed by atoms with van der Waals surface area (Å²) < 4.78 is 9.88. The molecular formula is C12H10N4O2. The first-order valence-corrected chi connectivity index (χ1v) is 5.44. The maximum atomic E-state index is 5.15. The van der Waals surface area contributed by atoms with Crippen LogP contribution in [0.1, 0.15) is 5.69 Å². The lowest BCUT2D eigenvalue weighted by molar-refractivity contribution is 0.412. The lowest BCUT2D eigenvalue weighted by atomic mass is 10.2. The average molecular weight is 242 g/mol. The Labute approximate surface area is 103 Å². The van der Waals surface area contributed by atoms with Crippen molar-refractivity contribution in [3.63, 3.8) is 0 Å². The summed E-state index contributed by atoms with van der Waals surface area (Å²) in [6, 6.07) is 11.4. The van der Waals surface area contributed by atoms with Crippen molar-refractivity contribution in [2.24, 2.45) is 0 Å². The number of nitrogens with one attached hydrogen (secondary N) is 1. The molecule has 0 aliphatic heterocycles. The average Bonchev–Trinajstić information content (AvgIpc) is 3.09. The van der Waals surface area contributed by atoms with E-state index < -0.39 is 0 Å². The quantitative estimate of drug-likeness (QED) is 0.756. The number of benzene rings is 1. The van der Waals surface area contributed by atoms with Gasteiger partial charge >= 0.3 is 0 Å². The highest BCUT2D eigenvalue weighted by Gasteiger charge is 2.08. The summed E-state index contributed by atoms with van der Waals surface area (Å²) >= 11 is 0. The third-order valence-corrected chi connectivity index (χ3v) is 2.37. The molecule has 3 rings (SSSR count). The van der Waals surface area contributed by atoms with Crippen molar-refractivity contribution >= 4 is 5.95 Å². The second-order valence-electron chi connectivity index (χ2n) is 3.63. The van der Waals surface area contributed by atoms with E-state index in [1.807, 2.05) is 30.3 Å². The van der Waals surface area contributed by atoms with Crippen molar-refractivity contribution < 1.29 is 9.05 Å². The van der Waals surface area contributed by atoms with Crippen molar-refractivity contribution in [2.75, 3.05) is 5.32 Å². The van der Waals surface area contributed by atoms with E-state index in [1.54, 1.807) is 6.07 Å². The fourth-order valence-electron chi connectivity index (χ4n) is 1.49. The Bertz CT molecular complexity index is 604. The van der Waals surface area contributed by atoms with Gasteiger partial charge in [0.1, 0.15) is 12.0 Å². The highest BCUT2D eigenvalue weighted by molar-refractivity contribution is 5.53. The van der Waals surface area contributed by atoms with Crippen LogP contribution in [0.2, 0.25) is 0 Å². The van der Waals surface area contributed by atoms with Gasteiger partial charge in [0.05, 0.1) is 6.54 Å². The van der Waals surface area contributed by atoms with Crippen LogP contribution < -0.4 is 5.32 Å². The van der Waals surface area contributed by atoms with Gasteiger partial charge in [-0.15, -0.1) is 0 Å². The van der Waals surface area contributed by atoms with Crippen LogP contribution in [0, 0.1) is 0 Å². The summed E-state index contributed by atoms with van der Waals surface area (Å²) in [4.78, 5) is 4.23. The van der Waals surface area contributed by atoms with Gasteiger partial charge in [-0.3, -0.25) is 0 Å². The Hall–Kier alpha value is -2.63. The van der Waals surface area contributed by atoms with Crippen molar-refractivity contribution in [1.29, 1.82) is 0 Å². The summed E-state index contributed by atoms with van der Waals surface area (Å²) in [5.74, 6) is 0.912. The highest BCUT2D eigenvalue weighted by atomic mass is 16.5. The van der Waals surface area contributed by atoms with E-state index >= 15 is 0 Å². The van der Waals surface area contributed by atoms with E-state index in [-0.39, 0.29) is 0 Å². The maximum Gasteiger partial charge on any atom is 0.264 e. The molecule has 6 heteroatoms. The second-order valence-corrected chi connectivity index (χ2v) is 3.63.